The Labute approximate surface area is 145 Å². The molecule has 0 saturated carbocycles. The highest BCUT2D eigenvalue weighted by atomic mass is 32.2. The maximum atomic E-state index is 13.7. The summed E-state index contributed by atoms with van der Waals surface area (Å²) in [5.41, 5.74) is -0.338. The van der Waals surface area contributed by atoms with Gasteiger partial charge in [-0.2, -0.15) is 4.31 Å². The third kappa shape index (κ3) is 3.83. The summed E-state index contributed by atoms with van der Waals surface area (Å²) >= 11 is 0. The highest BCUT2D eigenvalue weighted by Gasteiger charge is 2.43. The molecule has 1 amide bonds. The van der Waals surface area contributed by atoms with Crippen molar-refractivity contribution in [3.05, 3.63) is 35.4 Å². The first-order valence-corrected chi connectivity index (χ1v) is 9.93. The number of benzene rings is 1. The predicted octanol–water partition coefficient (Wildman–Crippen LogP) is 1.23. The lowest BCUT2D eigenvalue weighted by Gasteiger charge is -2.47. The van der Waals surface area contributed by atoms with E-state index >= 15 is 0 Å². The molecule has 3 rings (SSSR count). The fourth-order valence-electron chi connectivity index (χ4n) is 3.39. The Morgan fingerprint density at radius 1 is 1.20 bits per heavy atom. The maximum Gasteiger partial charge on any atom is 0.257 e. The number of hydrogen-bond donors (Lipinski definition) is 0. The summed E-state index contributed by atoms with van der Waals surface area (Å²) in [4.78, 5) is 13.7. The molecule has 2 fully saturated rings. The second-order valence-electron chi connectivity index (χ2n) is 6.42. The highest BCUT2D eigenvalue weighted by Crippen LogP contribution is 2.27. The number of halogens is 2. The zero-order valence-electron chi connectivity index (χ0n) is 13.8. The van der Waals surface area contributed by atoms with Crippen molar-refractivity contribution in [2.24, 2.45) is 0 Å². The normalized spacial score (nSPS) is 19.9. The van der Waals surface area contributed by atoms with Crippen LogP contribution in [0.2, 0.25) is 0 Å². The number of amides is 1. The van der Waals surface area contributed by atoms with Crippen LogP contribution in [-0.2, 0) is 14.8 Å². The van der Waals surface area contributed by atoms with Crippen LogP contribution in [0.4, 0.5) is 8.78 Å². The highest BCUT2D eigenvalue weighted by molar-refractivity contribution is 7.88. The van der Waals surface area contributed by atoms with Gasteiger partial charge in [-0.05, 0) is 31.0 Å². The fourth-order valence-corrected chi connectivity index (χ4v) is 4.82. The average molecular weight is 374 g/mol. The van der Waals surface area contributed by atoms with Crippen molar-refractivity contribution in [1.29, 1.82) is 0 Å². The molecule has 9 heteroatoms. The van der Waals surface area contributed by atoms with E-state index in [1.54, 1.807) is 0 Å². The third-order valence-corrected chi connectivity index (χ3v) is 5.96. The van der Waals surface area contributed by atoms with E-state index in [1.807, 2.05) is 0 Å². The van der Waals surface area contributed by atoms with Crippen LogP contribution in [0.5, 0.6) is 0 Å². The van der Waals surface area contributed by atoms with Crippen LogP contribution in [0, 0.1) is 11.6 Å². The molecule has 25 heavy (non-hydrogen) atoms. The Bertz CT molecular complexity index is 759. The summed E-state index contributed by atoms with van der Waals surface area (Å²) in [5.74, 6) is -2.12. The van der Waals surface area contributed by atoms with Gasteiger partial charge in [0.1, 0.15) is 11.6 Å². The van der Waals surface area contributed by atoms with E-state index in [2.05, 4.69) is 0 Å². The molecule has 2 aliphatic heterocycles. The Morgan fingerprint density at radius 2 is 1.84 bits per heavy atom. The lowest BCUT2D eigenvalue weighted by molar-refractivity contribution is 0.0123. The van der Waals surface area contributed by atoms with Crippen LogP contribution in [0.15, 0.2) is 18.2 Å². The number of carbonyl (C=O) groups is 1. The zero-order valence-corrected chi connectivity index (χ0v) is 14.6. The van der Waals surface area contributed by atoms with Gasteiger partial charge in [0.15, 0.2) is 0 Å². The van der Waals surface area contributed by atoms with Gasteiger partial charge in [0, 0.05) is 32.3 Å². The first-order chi connectivity index (χ1) is 11.8. The third-order valence-electron chi connectivity index (χ3n) is 4.60. The van der Waals surface area contributed by atoms with Crippen LogP contribution >= 0.6 is 0 Å². The molecule has 0 unspecified atom stereocenters. The number of hydrogen-bond acceptors (Lipinski definition) is 4. The quantitative estimate of drug-likeness (QED) is 0.795. The molecule has 0 radical (unpaired) electrons. The molecule has 0 atom stereocenters. The molecule has 2 heterocycles. The number of nitrogens with zero attached hydrogens (tertiary/aromatic N) is 2. The average Bonchev–Trinajstić information content (AvgIpc) is 2.51. The summed E-state index contributed by atoms with van der Waals surface area (Å²) in [6, 6.07) is 2.21. The Balaban J connectivity index is 1.71. The number of sulfonamides is 1. The van der Waals surface area contributed by atoms with E-state index in [4.69, 9.17) is 4.74 Å². The largest absolute Gasteiger partial charge is 0.381 e. The molecule has 1 aromatic carbocycles. The topological polar surface area (TPSA) is 66.9 Å². The SMILES string of the molecule is CS(=O)(=O)N(C1CCOCC1)C1CN(C(=O)c2cc(F)ccc2F)C1. The summed E-state index contributed by atoms with van der Waals surface area (Å²) in [6.45, 7) is 1.33. The van der Waals surface area contributed by atoms with Crippen molar-refractivity contribution in [3.63, 3.8) is 0 Å². The van der Waals surface area contributed by atoms with E-state index in [9.17, 15) is 22.0 Å². The van der Waals surface area contributed by atoms with Gasteiger partial charge in [-0.3, -0.25) is 4.79 Å². The minimum absolute atomic E-state index is 0.156. The first-order valence-electron chi connectivity index (χ1n) is 8.08. The van der Waals surface area contributed by atoms with Crippen LogP contribution in [-0.4, -0.2) is 68.2 Å². The van der Waals surface area contributed by atoms with Crippen molar-refractivity contribution in [2.75, 3.05) is 32.6 Å². The number of likely N-dealkylation sites (tertiary alicyclic amines) is 1. The van der Waals surface area contributed by atoms with Gasteiger partial charge in [0.2, 0.25) is 10.0 Å². The molecule has 0 aliphatic carbocycles. The van der Waals surface area contributed by atoms with Gasteiger partial charge < -0.3 is 9.64 Å². The second kappa shape index (κ2) is 6.97. The molecule has 6 nitrogen and oxygen atoms in total. The summed E-state index contributed by atoms with van der Waals surface area (Å²) in [7, 11) is -3.45. The van der Waals surface area contributed by atoms with Gasteiger partial charge in [-0.15, -0.1) is 0 Å². The molecule has 0 aromatic heterocycles. The lowest BCUT2D eigenvalue weighted by atomic mass is 10.0. The molecular weight excluding hydrogens is 354 g/mol. The Kier molecular flexibility index (Phi) is 5.08. The standard InChI is InChI=1S/C16H20F2N2O4S/c1-25(22,23)20(12-4-6-24-7-5-12)13-9-19(10-13)16(21)14-8-11(17)2-3-15(14)18/h2-3,8,12-13H,4-7,9-10H2,1H3. The molecular formula is C16H20F2N2O4S. The molecule has 0 spiro atoms. The van der Waals surface area contributed by atoms with E-state index < -0.39 is 27.6 Å². The predicted molar refractivity (Wildman–Crippen MR) is 86.6 cm³/mol. The molecule has 138 valence electrons. The monoisotopic (exact) mass is 374 g/mol. The molecule has 0 N–H and O–H groups in total. The smallest absolute Gasteiger partial charge is 0.257 e. The van der Waals surface area contributed by atoms with E-state index in [0.29, 0.717) is 26.1 Å². The number of rotatable bonds is 4. The van der Waals surface area contributed by atoms with Gasteiger partial charge in [0.05, 0.1) is 17.9 Å². The Morgan fingerprint density at radius 3 is 2.44 bits per heavy atom. The van der Waals surface area contributed by atoms with Crippen molar-refractivity contribution >= 4 is 15.9 Å². The maximum absolute atomic E-state index is 13.7. The molecule has 0 bridgehead atoms. The van der Waals surface area contributed by atoms with Gasteiger partial charge in [-0.1, -0.05) is 0 Å². The van der Waals surface area contributed by atoms with Crippen LogP contribution in [0.25, 0.3) is 0 Å². The van der Waals surface area contributed by atoms with Gasteiger partial charge >= 0.3 is 0 Å². The van der Waals surface area contributed by atoms with Crippen molar-refractivity contribution < 1.29 is 26.7 Å². The van der Waals surface area contributed by atoms with Crippen LogP contribution in [0.1, 0.15) is 23.2 Å². The van der Waals surface area contributed by atoms with Crippen molar-refractivity contribution in [3.8, 4) is 0 Å². The zero-order chi connectivity index (χ0) is 18.2. The molecule has 2 aliphatic rings. The Hall–Kier alpha value is -1.58. The van der Waals surface area contributed by atoms with E-state index in [1.165, 1.54) is 9.21 Å². The van der Waals surface area contributed by atoms with Crippen LogP contribution < -0.4 is 0 Å². The second-order valence-corrected chi connectivity index (χ2v) is 8.31. The van der Waals surface area contributed by atoms with Gasteiger partial charge in [0.25, 0.3) is 5.91 Å². The minimum Gasteiger partial charge on any atom is -0.381 e. The van der Waals surface area contributed by atoms with E-state index in [-0.39, 0.29) is 30.7 Å². The van der Waals surface area contributed by atoms with E-state index in [0.717, 1.165) is 24.5 Å². The molecule has 1 aromatic rings. The first kappa shape index (κ1) is 18.2. The summed E-state index contributed by atoms with van der Waals surface area (Å²) in [6.07, 6.45) is 2.37. The lowest BCUT2D eigenvalue weighted by Crippen LogP contribution is -2.64. The van der Waals surface area contributed by atoms with Crippen molar-refractivity contribution in [1.82, 2.24) is 9.21 Å². The fraction of sp³-hybridized carbons (Fsp3) is 0.562. The number of ether oxygens (including phenoxy) is 1. The summed E-state index contributed by atoms with van der Waals surface area (Å²) < 4.78 is 58.1. The number of carbonyl (C=O) groups excluding carboxylic acids is 1. The minimum atomic E-state index is -3.45. The van der Waals surface area contributed by atoms with Crippen molar-refractivity contribution in [2.45, 2.75) is 24.9 Å². The summed E-state index contributed by atoms with van der Waals surface area (Å²) in [5, 5.41) is 0. The molecule has 2 saturated heterocycles. The van der Waals surface area contributed by atoms with Gasteiger partial charge in [-0.25, -0.2) is 17.2 Å². The van der Waals surface area contributed by atoms with Crippen LogP contribution in [0.3, 0.4) is 0 Å².